The minimum absolute atomic E-state index is 0.0118. The normalized spacial score (nSPS) is 20.0. The minimum atomic E-state index is -0.0742. The maximum Gasteiger partial charge on any atom is 0.272 e. The second-order valence-electron chi connectivity index (χ2n) is 7.18. The summed E-state index contributed by atoms with van der Waals surface area (Å²) < 4.78 is 7.01. The summed E-state index contributed by atoms with van der Waals surface area (Å²) in [6.45, 7) is 8.03. The molecule has 1 aliphatic rings. The van der Waals surface area contributed by atoms with Crippen molar-refractivity contribution in [3.63, 3.8) is 0 Å². The number of likely N-dealkylation sites (tertiary alicyclic amines) is 1. The van der Waals surface area contributed by atoms with Crippen LogP contribution in [0.3, 0.4) is 0 Å². The average Bonchev–Trinajstić information content (AvgIpc) is 3.25. The Morgan fingerprint density at radius 3 is 2.58 bits per heavy atom. The van der Waals surface area contributed by atoms with Crippen LogP contribution < -0.4 is 10.5 Å². The number of carbonyl (C=O) groups excluding carboxylic acids is 1. The Morgan fingerprint density at radius 2 is 2.00 bits per heavy atom. The van der Waals surface area contributed by atoms with E-state index >= 15 is 0 Å². The highest BCUT2D eigenvalue weighted by atomic mass is 16.5. The molecule has 6 heteroatoms. The lowest BCUT2D eigenvalue weighted by Gasteiger charge is -2.17. The minimum Gasteiger partial charge on any atom is -0.497 e. The fraction of sp³-hybridized carbons (Fsp3) is 0.500. The smallest absolute Gasteiger partial charge is 0.272 e. The van der Waals surface area contributed by atoms with Crippen LogP contribution in [-0.2, 0) is 6.54 Å². The molecule has 2 atom stereocenters. The molecule has 0 radical (unpaired) electrons. The molecule has 1 aliphatic heterocycles. The molecular weight excluding hydrogens is 328 g/mol. The largest absolute Gasteiger partial charge is 0.497 e. The maximum absolute atomic E-state index is 13.1. The number of methoxy groups -OCH3 is 1. The van der Waals surface area contributed by atoms with Crippen LogP contribution in [0.25, 0.3) is 0 Å². The summed E-state index contributed by atoms with van der Waals surface area (Å²) >= 11 is 0. The molecule has 1 saturated heterocycles. The molecule has 0 aliphatic carbocycles. The summed E-state index contributed by atoms with van der Waals surface area (Å²) in [4.78, 5) is 14.9. The molecule has 0 unspecified atom stereocenters. The number of aryl methyl sites for hydroxylation is 1. The molecule has 2 N–H and O–H groups in total. The first-order valence-corrected chi connectivity index (χ1v) is 9.21. The molecule has 0 spiro atoms. The van der Waals surface area contributed by atoms with E-state index in [9.17, 15) is 4.79 Å². The first-order valence-electron chi connectivity index (χ1n) is 9.21. The highest BCUT2D eigenvalue weighted by Crippen LogP contribution is 2.29. The van der Waals surface area contributed by atoms with Gasteiger partial charge in [0.2, 0.25) is 0 Å². The fourth-order valence-electron chi connectivity index (χ4n) is 3.49. The molecule has 1 aromatic heterocycles. The zero-order chi connectivity index (χ0) is 18.8. The van der Waals surface area contributed by atoms with E-state index in [1.54, 1.807) is 11.8 Å². The Labute approximate surface area is 154 Å². The first kappa shape index (κ1) is 18.5. The summed E-state index contributed by atoms with van der Waals surface area (Å²) in [6, 6.07) is 9.79. The van der Waals surface area contributed by atoms with Crippen LogP contribution in [0.1, 0.15) is 54.4 Å². The third-order valence-corrected chi connectivity index (χ3v) is 5.11. The number of rotatable bonds is 5. The van der Waals surface area contributed by atoms with Gasteiger partial charge in [0, 0.05) is 31.6 Å². The predicted molar refractivity (Wildman–Crippen MR) is 102 cm³/mol. The first-order chi connectivity index (χ1) is 12.4. The van der Waals surface area contributed by atoms with Crippen LogP contribution >= 0.6 is 0 Å². The van der Waals surface area contributed by atoms with Gasteiger partial charge in [0.15, 0.2) is 0 Å². The third kappa shape index (κ3) is 3.46. The van der Waals surface area contributed by atoms with Crippen LogP contribution in [-0.4, -0.2) is 46.8 Å². The van der Waals surface area contributed by atoms with Crippen molar-refractivity contribution >= 4 is 5.91 Å². The van der Waals surface area contributed by atoms with Crippen molar-refractivity contribution in [3.8, 4) is 5.75 Å². The number of aromatic nitrogens is 2. The van der Waals surface area contributed by atoms with Crippen molar-refractivity contribution in [1.29, 1.82) is 0 Å². The molecule has 2 aromatic rings. The van der Waals surface area contributed by atoms with Crippen LogP contribution in [0.4, 0.5) is 0 Å². The Bertz CT molecular complexity index is 767. The average molecular weight is 356 g/mol. The Morgan fingerprint density at radius 1 is 1.31 bits per heavy atom. The van der Waals surface area contributed by atoms with Crippen molar-refractivity contribution in [3.05, 3.63) is 47.3 Å². The van der Waals surface area contributed by atoms with E-state index in [4.69, 9.17) is 10.5 Å². The molecule has 2 heterocycles. The van der Waals surface area contributed by atoms with Gasteiger partial charge in [-0.15, -0.1) is 0 Å². The molecule has 1 fully saturated rings. The number of nitrogens with two attached hydrogens (primary N) is 1. The topological polar surface area (TPSA) is 73.4 Å². The lowest BCUT2D eigenvalue weighted by molar-refractivity contribution is 0.0777. The molecule has 140 valence electrons. The molecular formula is C20H28N4O2. The van der Waals surface area contributed by atoms with Gasteiger partial charge in [0.05, 0.1) is 12.8 Å². The lowest BCUT2D eigenvalue weighted by atomic mass is 9.95. The summed E-state index contributed by atoms with van der Waals surface area (Å²) in [5.41, 5.74) is 9.10. The summed E-state index contributed by atoms with van der Waals surface area (Å²) in [7, 11) is 1.65. The quantitative estimate of drug-likeness (QED) is 0.894. The van der Waals surface area contributed by atoms with Crippen molar-refractivity contribution in [2.75, 3.05) is 20.2 Å². The van der Waals surface area contributed by atoms with Crippen LogP contribution in [0, 0.1) is 0 Å². The molecule has 1 aromatic carbocycles. The van der Waals surface area contributed by atoms with Crippen LogP contribution in [0.15, 0.2) is 30.3 Å². The summed E-state index contributed by atoms with van der Waals surface area (Å²) in [5, 5.41) is 4.56. The molecule has 3 rings (SSSR count). The van der Waals surface area contributed by atoms with Crippen molar-refractivity contribution in [1.82, 2.24) is 14.7 Å². The monoisotopic (exact) mass is 356 g/mol. The van der Waals surface area contributed by atoms with Gasteiger partial charge in [-0.1, -0.05) is 26.0 Å². The second-order valence-corrected chi connectivity index (χ2v) is 7.18. The van der Waals surface area contributed by atoms with Crippen molar-refractivity contribution in [2.45, 2.75) is 45.2 Å². The molecule has 0 saturated carbocycles. The number of nitrogens with zero attached hydrogens (tertiary/aromatic N) is 3. The van der Waals surface area contributed by atoms with Gasteiger partial charge in [-0.05, 0) is 36.6 Å². The predicted octanol–water partition coefficient (Wildman–Crippen LogP) is 2.60. The van der Waals surface area contributed by atoms with Gasteiger partial charge in [-0.2, -0.15) is 5.10 Å². The van der Waals surface area contributed by atoms with Gasteiger partial charge >= 0.3 is 0 Å². The molecule has 0 bridgehead atoms. The SMILES string of the molecule is CCn1nc(C(C)C)cc1C(=O)N1C[C@H](c2ccc(OC)cc2)[C@@H](N)C1. The number of hydrogen-bond donors (Lipinski definition) is 1. The van der Waals surface area contributed by atoms with E-state index < -0.39 is 0 Å². The Kier molecular flexibility index (Phi) is 5.32. The van der Waals surface area contributed by atoms with E-state index in [1.807, 2.05) is 42.2 Å². The molecule has 6 nitrogen and oxygen atoms in total. The van der Waals surface area contributed by atoms with E-state index in [1.165, 1.54) is 0 Å². The van der Waals surface area contributed by atoms with Gasteiger partial charge in [-0.25, -0.2) is 0 Å². The zero-order valence-corrected chi connectivity index (χ0v) is 16.0. The maximum atomic E-state index is 13.1. The Hall–Kier alpha value is -2.34. The number of ether oxygens (including phenoxy) is 1. The van der Waals surface area contributed by atoms with Crippen molar-refractivity contribution in [2.24, 2.45) is 5.73 Å². The van der Waals surface area contributed by atoms with Gasteiger partial charge < -0.3 is 15.4 Å². The van der Waals surface area contributed by atoms with E-state index in [2.05, 4.69) is 18.9 Å². The summed E-state index contributed by atoms with van der Waals surface area (Å²) in [5.74, 6) is 1.26. The summed E-state index contributed by atoms with van der Waals surface area (Å²) in [6.07, 6.45) is 0. The number of hydrogen-bond acceptors (Lipinski definition) is 4. The Balaban J connectivity index is 1.79. The van der Waals surface area contributed by atoms with Crippen molar-refractivity contribution < 1.29 is 9.53 Å². The standard InChI is InChI=1S/C20H28N4O2/c1-5-24-19(10-18(22-24)13(2)3)20(25)23-11-16(17(21)12-23)14-6-8-15(26-4)9-7-14/h6-10,13,16-17H,5,11-12,21H2,1-4H3/t16-,17+/m1/s1. The van der Waals surface area contributed by atoms with Gasteiger partial charge in [0.25, 0.3) is 5.91 Å². The second kappa shape index (κ2) is 7.50. The lowest BCUT2D eigenvalue weighted by Crippen LogP contribution is -2.33. The molecule has 26 heavy (non-hydrogen) atoms. The highest BCUT2D eigenvalue weighted by molar-refractivity contribution is 5.93. The van der Waals surface area contributed by atoms with Crippen LogP contribution in [0.2, 0.25) is 0 Å². The number of benzene rings is 1. The van der Waals surface area contributed by atoms with E-state index in [-0.39, 0.29) is 17.9 Å². The van der Waals surface area contributed by atoms with Crippen LogP contribution in [0.5, 0.6) is 5.75 Å². The third-order valence-electron chi connectivity index (χ3n) is 5.11. The number of amides is 1. The van der Waals surface area contributed by atoms with Gasteiger partial charge in [0.1, 0.15) is 11.4 Å². The molecule has 1 amide bonds. The van der Waals surface area contributed by atoms with E-state index in [0.717, 1.165) is 17.0 Å². The zero-order valence-electron chi connectivity index (χ0n) is 16.0. The highest BCUT2D eigenvalue weighted by Gasteiger charge is 2.35. The van der Waals surface area contributed by atoms with E-state index in [0.29, 0.717) is 31.2 Å². The fourth-order valence-corrected chi connectivity index (χ4v) is 3.49. The van der Waals surface area contributed by atoms with Gasteiger partial charge in [-0.3, -0.25) is 9.48 Å². The number of carbonyl (C=O) groups is 1.